The van der Waals surface area contributed by atoms with Crippen molar-refractivity contribution in [2.75, 3.05) is 0 Å². The maximum absolute atomic E-state index is 13.6. The minimum absolute atomic E-state index is 0.0429. The highest BCUT2D eigenvalue weighted by Gasteiger charge is 2.38. The number of hydrazine groups is 1. The number of hydrogen-bond donors (Lipinski definition) is 2. The summed E-state index contributed by atoms with van der Waals surface area (Å²) in [6, 6.07) is 23.6. The third kappa shape index (κ3) is 5.07. The first-order valence-electron chi connectivity index (χ1n) is 12.7. The molecule has 4 aromatic rings. The lowest BCUT2D eigenvalue weighted by atomic mass is 9.85. The van der Waals surface area contributed by atoms with E-state index in [2.05, 4.69) is 67.6 Å². The lowest BCUT2D eigenvalue weighted by Gasteiger charge is -2.25. The number of aromatic amines is 1. The first-order valence-corrected chi connectivity index (χ1v) is 13.0. The van der Waals surface area contributed by atoms with E-state index < -0.39 is 0 Å². The predicted molar refractivity (Wildman–Crippen MR) is 150 cm³/mol. The highest BCUT2D eigenvalue weighted by atomic mass is 35.5. The fourth-order valence-corrected chi connectivity index (χ4v) is 5.50. The second kappa shape index (κ2) is 9.81. The molecule has 0 aliphatic carbocycles. The maximum Gasteiger partial charge on any atom is 0.253 e. The number of nitrogens with one attached hydrogen (secondary N) is 2. The van der Waals surface area contributed by atoms with Gasteiger partial charge in [0.05, 0.1) is 12.1 Å². The number of H-pyrrole nitrogens is 1. The van der Waals surface area contributed by atoms with Gasteiger partial charge in [-0.3, -0.25) is 14.6 Å². The van der Waals surface area contributed by atoms with Crippen molar-refractivity contribution in [3.63, 3.8) is 0 Å². The number of benzene rings is 3. The summed E-state index contributed by atoms with van der Waals surface area (Å²) >= 11 is 6.40. The molecule has 0 bridgehead atoms. The standard InChI is InChI=1S/C31H32ClN3O2/c1-19(36)35-28(21-10-12-22(13-11-21)31(2,3)4)18-27(34-35)29-25(16-20-8-6-5-7-9-20)24-17-23(32)14-15-26(24)33-30(29)37/h5-15,17,27-28,34H,16,18H2,1-4H3,(H,33,37). The van der Waals surface area contributed by atoms with Crippen LogP contribution in [0.4, 0.5) is 0 Å². The summed E-state index contributed by atoms with van der Waals surface area (Å²) in [5.74, 6) is -0.0859. The first-order chi connectivity index (χ1) is 17.6. The Kier molecular flexibility index (Phi) is 6.69. The monoisotopic (exact) mass is 513 g/mol. The van der Waals surface area contributed by atoms with Crippen LogP contribution in [0.2, 0.25) is 5.02 Å². The molecule has 2 N–H and O–H groups in total. The van der Waals surface area contributed by atoms with Gasteiger partial charge in [0.15, 0.2) is 0 Å². The van der Waals surface area contributed by atoms with Crippen LogP contribution in [-0.2, 0) is 16.6 Å². The van der Waals surface area contributed by atoms with Crippen molar-refractivity contribution < 1.29 is 4.79 Å². The van der Waals surface area contributed by atoms with Crippen LogP contribution < -0.4 is 11.0 Å². The van der Waals surface area contributed by atoms with Gasteiger partial charge in [-0.15, -0.1) is 0 Å². The number of halogens is 1. The Labute approximate surface area is 222 Å². The van der Waals surface area contributed by atoms with Gasteiger partial charge in [0, 0.05) is 28.4 Å². The van der Waals surface area contributed by atoms with E-state index in [9.17, 15) is 9.59 Å². The Morgan fingerprint density at radius 2 is 1.73 bits per heavy atom. The lowest BCUT2D eigenvalue weighted by molar-refractivity contribution is -0.132. The number of fused-ring (bicyclic) bond motifs is 1. The minimum atomic E-state index is -0.331. The van der Waals surface area contributed by atoms with Crippen LogP contribution in [0.15, 0.2) is 77.6 Å². The van der Waals surface area contributed by atoms with E-state index in [0.29, 0.717) is 23.4 Å². The van der Waals surface area contributed by atoms with Crippen molar-refractivity contribution in [1.29, 1.82) is 0 Å². The molecule has 6 heteroatoms. The number of nitrogens with zero attached hydrogens (tertiary/aromatic N) is 1. The number of pyridine rings is 1. The Balaban J connectivity index is 1.60. The lowest BCUT2D eigenvalue weighted by Crippen LogP contribution is -2.39. The molecule has 0 saturated carbocycles. The van der Waals surface area contributed by atoms with Crippen molar-refractivity contribution in [1.82, 2.24) is 15.4 Å². The molecular weight excluding hydrogens is 482 g/mol. The first kappa shape index (κ1) is 25.2. The number of rotatable bonds is 4. The summed E-state index contributed by atoms with van der Waals surface area (Å²) in [7, 11) is 0. The summed E-state index contributed by atoms with van der Waals surface area (Å²) in [6.07, 6.45) is 1.17. The second-order valence-corrected chi connectivity index (χ2v) is 11.3. The Hall–Kier alpha value is -3.41. The van der Waals surface area contributed by atoms with Gasteiger partial charge in [-0.05, 0) is 58.7 Å². The molecule has 1 aliphatic rings. The van der Waals surface area contributed by atoms with E-state index in [0.717, 1.165) is 27.6 Å². The molecule has 0 radical (unpaired) electrons. The molecule has 1 aliphatic heterocycles. The van der Waals surface area contributed by atoms with Gasteiger partial charge in [-0.25, -0.2) is 5.43 Å². The summed E-state index contributed by atoms with van der Waals surface area (Å²) in [4.78, 5) is 29.3. The zero-order chi connectivity index (χ0) is 26.3. The highest BCUT2D eigenvalue weighted by molar-refractivity contribution is 6.31. The molecule has 37 heavy (non-hydrogen) atoms. The zero-order valence-corrected chi connectivity index (χ0v) is 22.4. The van der Waals surface area contributed by atoms with E-state index in [1.54, 1.807) is 18.0 Å². The van der Waals surface area contributed by atoms with Gasteiger partial charge in [0.2, 0.25) is 5.91 Å². The van der Waals surface area contributed by atoms with E-state index >= 15 is 0 Å². The number of carbonyl (C=O) groups is 1. The quantitative estimate of drug-likeness (QED) is 0.323. The van der Waals surface area contributed by atoms with Crippen molar-refractivity contribution >= 4 is 28.4 Å². The number of amides is 1. The van der Waals surface area contributed by atoms with Gasteiger partial charge in [-0.2, -0.15) is 0 Å². The van der Waals surface area contributed by atoms with Crippen LogP contribution in [0, 0.1) is 0 Å². The van der Waals surface area contributed by atoms with E-state index in [4.69, 9.17) is 11.6 Å². The average Bonchev–Trinajstić information content (AvgIpc) is 3.30. The third-order valence-electron chi connectivity index (χ3n) is 7.26. The van der Waals surface area contributed by atoms with Gasteiger partial charge < -0.3 is 4.98 Å². The van der Waals surface area contributed by atoms with Gasteiger partial charge >= 0.3 is 0 Å². The number of carbonyl (C=O) groups excluding carboxylic acids is 1. The fraction of sp³-hybridized carbons (Fsp3) is 0.290. The molecule has 190 valence electrons. The zero-order valence-electron chi connectivity index (χ0n) is 21.6. The summed E-state index contributed by atoms with van der Waals surface area (Å²) in [5.41, 5.74) is 8.99. The van der Waals surface area contributed by atoms with Crippen LogP contribution in [0.5, 0.6) is 0 Å². The minimum Gasteiger partial charge on any atom is -0.322 e. The molecule has 1 aromatic heterocycles. The molecule has 3 aromatic carbocycles. The Morgan fingerprint density at radius 3 is 2.38 bits per heavy atom. The molecule has 0 spiro atoms. The van der Waals surface area contributed by atoms with Gasteiger partial charge in [-0.1, -0.05) is 87.0 Å². The molecule has 5 rings (SSSR count). The second-order valence-electron chi connectivity index (χ2n) is 10.9. The number of hydrogen-bond acceptors (Lipinski definition) is 3. The summed E-state index contributed by atoms with van der Waals surface area (Å²) in [5, 5.41) is 3.20. The molecule has 1 fully saturated rings. The van der Waals surface area contributed by atoms with Gasteiger partial charge in [0.25, 0.3) is 5.56 Å². The van der Waals surface area contributed by atoms with E-state index in [-0.39, 0.29) is 29.0 Å². The molecule has 2 atom stereocenters. The normalized spacial score (nSPS) is 17.9. The van der Waals surface area contributed by atoms with Crippen molar-refractivity contribution in [3.8, 4) is 0 Å². The predicted octanol–water partition coefficient (Wildman–Crippen LogP) is 6.61. The summed E-state index contributed by atoms with van der Waals surface area (Å²) < 4.78 is 0. The largest absolute Gasteiger partial charge is 0.322 e. The van der Waals surface area contributed by atoms with Crippen LogP contribution in [0.3, 0.4) is 0 Å². The Morgan fingerprint density at radius 1 is 1.03 bits per heavy atom. The molecule has 2 unspecified atom stereocenters. The summed E-state index contributed by atoms with van der Waals surface area (Å²) in [6.45, 7) is 8.11. The molecule has 2 heterocycles. The SMILES string of the molecule is CC(=O)N1NC(c2c(Cc3ccccc3)c3cc(Cl)ccc3[nH]c2=O)CC1c1ccc(C(C)(C)C)cc1. The van der Waals surface area contributed by atoms with Crippen molar-refractivity contribution in [3.05, 3.63) is 116 Å². The molecule has 1 saturated heterocycles. The van der Waals surface area contributed by atoms with Crippen molar-refractivity contribution in [2.45, 2.75) is 58.0 Å². The highest BCUT2D eigenvalue weighted by Crippen LogP contribution is 2.39. The Bertz CT molecular complexity index is 1500. The van der Waals surface area contributed by atoms with Gasteiger partial charge in [0.1, 0.15) is 0 Å². The third-order valence-corrected chi connectivity index (χ3v) is 7.50. The maximum atomic E-state index is 13.6. The van der Waals surface area contributed by atoms with Crippen LogP contribution in [0.25, 0.3) is 10.9 Å². The van der Waals surface area contributed by atoms with Crippen LogP contribution in [0.1, 0.15) is 74.0 Å². The molecule has 1 amide bonds. The fourth-order valence-electron chi connectivity index (χ4n) is 5.33. The smallest absolute Gasteiger partial charge is 0.253 e. The number of aromatic nitrogens is 1. The van der Waals surface area contributed by atoms with Crippen molar-refractivity contribution in [2.24, 2.45) is 0 Å². The molecule has 5 nitrogen and oxygen atoms in total. The van der Waals surface area contributed by atoms with E-state index in [1.165, 1.54) is 5.56 Å². The van der Waals surface area contributed by atoms with Crippen LogP contribution >= 0.6 is 11.6 Å². The van der Waals surface area contributed by atoms with Crippen LogP contribution in [-0.4, -0.2) is 15.9 Å². The average molecular weight is 514 g/mol. The molecular formula is C31H32ClN3O2. The van der Waals surface area contributed by atoms with E-state index in [1.807, 2.05) is 30.3 Å². The topological polar surface area (TPSA) is 65.2 Å².